The number of hydrogen-bond acceptors (Lipinski definition) is 4. The molecule has 0 atom stereocenters. The van der Waals surface area contributed by atoms with Crippen molar-refractivity contribution in [3.05, 3.63) is 65.5 Å². The number of halogens is 3. The second kappa shape index (κ2) is 6.35. The quantitative estimate of drug-likeness (QED) is 0.753. The normalized spacial score (nSPS) is 11.5. The van der Waals surface area contributed by atoms with Crippen molar-refractivity contribution in [2.24, 2.45) is 0 Å². The predicted octanol–water partition coefficient (Wildman–Crippen LogP) is 4.68. The summed E-state index contributed by atoms with van der Waals surface area (Å²) in [6.45, 7) is 2.29. The van der Waals surface area contributed by atoms with E-state index in [1.54, 1.807) is 0 Å². The molecule has 3 aromatic rings. The van der Waals surface area contributed by atoms with Crippen LogP contribution in [0.5, 0.6) is 0 Å². The minimum atomic E-state index is -4.64. The molecule has 0 bridgehead atoms. The van der Waals surface area contributed by atoms with Gasteiger partial charge in [0.05, 0.1) is 0 Å². The van der Waals surface area contributed by atoms with E-state index in [0.717, 1.165) is 16.7 Å². The lowest BCUT2D eigenvalue weighted by Gasteiger charge is -2.06. The van der Waals surface area contributed by atoms with E-state index in [0.29, 0.717) is 0 Å². The second-order valence-electron chi connectivity index (χ2n) is 5.33. The van der Waals surface area contributed by atoms with Crippen LogP contribution in [0.4, 0.5) is 19.2 Å². The van der Waals surface area contributed by atoms with Gasteiger partial charge in [-0.1, -0.05) is 53.1 Å². The topological polar surface area (TPSA) is 51.0 Å². The molecule has 0 fully saturated rings. The van der Waals surface area contributed by atoms with E-state index in [-0.39, 0.29) is 12.6 Å². The van der Waals surface area contributed by atoms with Gasteiger partial charge in [-0.2, -0.15) is 13.2 Å². The van der Waals surface area contributed by atoms with Crippen LogP contribution in [0.2, 0.25) is 0 Å². The molecule has 0 aliphatic heterocycles. The monoisotopic (exact) mass is 333 g/mol. The lowest BCUT2D eigenvalue weighted by molar-refractivity contribution is -0.156. The number of anilines is 1. The van der Waals surface area contributed by atoms with Gasteiger partial charge in [0.1, 0.15) is 0 Å². The summed E-state index contributed by atoms with van der Waals surface area (Å²) < 4.78 is 41.8. The van der Waals surface area contributed by atoms with Crippen LogP contribution < -0.4 is 5.32 Å². The van der Waals surface area contributed by atoms with Crippen molar-refractivity contribution in [1.29, 1.82) is 0 Å². The van der Waals surface area contributed by atoms with Crippen molar-refractivity contribution >= 4 is 6.01 Å². The van der Waals surface area contributed by atoms with E-state index in [1.807, 2.05) is 55.5 Å². The summed E-state index contributed by atoms with van der Waals surface area (Å²) in [7, 11) is 0. The van der Waals surface area contributed by atoms with Gasteiger partial charge < -0.3 is 9.73 Å². The van der Waals surface area contributed by atoms with E-state index >= 15 is 0 Å². The number of aromatic nitrogens is 2. The average molecular weight is 333 g/mol. The highest BCUT2D eigenvalue weighted by molar-refractivity contribution is 5.64. The molecule has 0 aliphatic rings. The molecule has 0 radical (unpaired) electrons. The van der Waals surface area contributed by atoms with Crippen LogP contribution in [0, 0.1) is 6.92 Å². The summed E-state index contributed by atoms with van der Waals surface area (Å²) in [6.07, 6.45) is -4.64. The van der Waals surface area contributed by atoms with Crippen LogP contribution in [0.3, 0.4) is 0 Å². The molecule has 0 saturated heterocycles. The molecule has 1 N–H and O–H groups in total. The molecule has 0 aliphatic carbocycles. The molecule has 4 nitrogen and oxygen atoms in total. The minimum Gasteiger partial charge on any atom is -0.399 e. The van der Waals surface area contributed by atoms with Crippen molar-refractivity contribution in [1.82, 2.24) is 10.2 Å². The van der Waals surface area contributed by atoms with Gasteiger partial charge in [-0.15, -0.1) is 5.10 Å². The van der Waals surface area contributed by atoms with Crippen LogP contribution in [0.1, 0.15) is 17.0 Å². The molecule has 3 rings (SSSR count). The first kappa shape index (κ1) is 16.0. The minimum absolute atomic E-state index is 0.261. The Morgan fingerprint density at radius 3 is 2.42 bits per heavy atom. The maximum absolute atomic E-state index is 12.4. The van der Waals surface area contributed by atoms with Gasteiger partial charge >= 0.3 is 18.1 Å². The Kier molecular flexibility index (Phi) is 4.24. The number of aryl methyl sites for hydroxylation is 1. The second-order valence-corrected chi connectivity index (χ2v) is 5.33. The maximum Gasteiger partial charge on any atom is 0.470 e. The van der Waals surface area contributed by atoms with Crippen molar-refractivity contribution in [3.8, 4) is 11.1 Å². The molecule has 0 unspecified atom stereocenters. The van der Waals surface area contributed by atoms with E-state index in [2.05, 4.69) is 19.9 Å². The van der Waals surface area contributed by atoms with Gasteiger partial charge in [-0.05, 0) is 29.7 Å². The first-order valence-electron chi connectivity index (χ1n) is 7.22. The summed E-state index contributed by atoms with van der Waals surface area (Å²) in [4.78, 5) is 0. The van der Waals surface area contributed by atoms with Gasteiger partial charge in [0.15, 0.2) is 0 Å². The fourth-order valence-corrected chi connectivity index (χ4v) is 2.19. The highest BCUT2D eigenvalue weighted by Crippen LogP contribution is 2.29. The Balaban J connectivity index is 1.71. The van der Waals surface area contributed by atoms with Crippen LogP contribution in [-0.4, -0.2) is 10.2 Å². The standard InChI is InChI=1S/C17H14F3N3O/c1-11-5-7-13(8-6-11)14-4-2-3-12(9-14)10-21-16-23-22-15(24-16)17(18,19)20/h2-9H,10H2,1H3,(H,21,23). The van der Waals surface area contributed by atoms with Crippen molar-refractivity contribution in [3.63, 3.8) is 0 Å². The largest absolute Gasteiger partial charge is 0.470 e. The van der Waals surface area contributed by atoms with Crippen LogP contribution in [0.15, 0.2) is 52.9 Å². The van der Waals surface area contributed by atoms with Crippen molar-refractivity contribution in [2.45, 2.75) is 19.6 Å². The molecule has 7 heteroatoms. The van der Waals surface area contributed by atoms with Crippen LogP contribution in [0.25, 0.3) is 11.1 Å². The number of nitrogens with one attached hydrogen (secondary N) is 1. The number of nitrogens with zero attached hydrogens (tertiary/aromatic N) is 2. The van der Waals surface area contributed by atoms with E-state index in [4.69, 9.17) is 0 Å². The molecule has 24 heavy (non-hydrogen) atoms. The van der Waals surface area contributed by atoms with E-state index < -0.39 is 12.1 Å². The Morgan fingerprint density at radius 2 is 1.75 bits per heavy atom. The third-order valence-electron chi connectivity index (χ3n) is 3.42. The van der Waals surface area contributed by atoms with Crippen LogP contribution >= 0.6 is 0 Å². The Bertz CT molecular complexity index is 826. The summed E-state index contributed by atoms with van der Waals surface area (Å²) >= 11 is 0. The zero-order valence-corrected chi connectivity index (χ0v) is 12.8. The van der Waals surface area contributed by atoms with E-state index in [9.17, 15) is 13.2 Å². The molecule has 0 amide bonds. The first-order valence-corrected chi connectivity index (χ1v) is 7.22. The zero-order chi connectivity index (χ0) is 17.2. The number of benzene rings is 2. The van der Waals surface area contributed by atoms with Crippen LogP contribution in [-0.2, 0) is 12.7 Å². The first-order chi connectivity index (χ1) is 11.4. The van der Waals surface area contributed by atoms with Crippen molar-refractivity contribution in [2.75, 3.05) is 5.32 Å². The summed E-state index contributed by atoms with van der Waals surface area (Å²) in [5.74, 6) is -1.36. The molecule has 1 heterocycles. The maximum atomic E-state index is 12.4. The molecular formula is C17H14F3N3O. The lowest BCUT2D eigenvalue weighted by atomic mass is 10.0. The Morgan fingerprint density at radius 1 is 1.00 bits per heavy atom. The Hall–Kier alpha value is -2.83. The molecule has 1 aromatic heterocycles. The summed E-state index contributed by atoms with van der Waals surface area (Å²) in [5.41, 5.74) is 4.16. The van der Waals surface area contributed by atoms with E-state index in [1.165, 1.54) is 5.56 Å². The molecule has 2 aromatic carbocycles. The highest BCUT2D eigenvalue weighted by Gasteiger charge is 2.38. The lowest BCUT2D eigenvalue weighted by Crippen LogP contribution is -2.04. The predicted molar refractivity (Wildman–Crippen MR) is 83.2 cm³/mol. The number of hydrogen-bond donors (Lipinski definition) is 1. The highest BCUT2D eigenvalue weighted by atomic mass is 19.4. The third-order valence-corrected chi connectivity index (χ3v) is 3.42. The summed E-state index contributed by atoms with van der Waals surface area (Å²) in [5, 5.41) is 9.01. The zero-order valence-electron chi connectivity index (χ0n) is 12.8. The average Bonchev–Trinajstić information content (AvgIpc) is 3.03. The van der Waals surface area contributed by atoms with Gasteiger partial charge in [-0.25, -0.2) is 0 Å². The fourth-order valence-electron chi connectivity index (χ4n) is 2.19. The Labute approximate surface area is 136 Å². The smallest absolute Gasteiger partial charge is 0.399 e. The van der Waals surface area contributed by atoms with Gasteiger partial charge in [-0.3, -0.25) is 0 Å². The molecule has 0 spiro atoms. The van der Waals surface area contributed by atoms with Gasteiger partial charge in [0.25, 0.3) is 0 Å². The number of rotatable bonds is 4. The number of alkyl halides is 3. The molecule has 0 saturated carbocycles. The van der Waals surface area contributed by atoms with Gasteiger partial charge in [0.2, 0.25) is 0 Å². The van der Waals surface area contributed by atoms with Gasteiger partial charge in [0, 0.05) is 6.54 Å². The summed E-state index contributed by atoms with van der Waals surface area (Å²) in [6, 6.07) is 15.5. The molecule has 124 valence electrons. The molecular weight excluding hydrogens is 319 g/mol. The third kappa shape index (κ3) is 3.73. The fraction of sp³-hybridized carbons (Fsp3) is 0.176. The SMILES string of the molecule is Cc1ccc(-c2cccc(CNc3nnc(C(F)(F)F)o3)c2)cc1. The van der Waals surface area contributed by atoms with Crippen molar-refractivity contribution < 1.29 is 17.6 Å².